The Kier molecular flexibility index (Phi) is 5.70. The number of aromatic nitrogens is 2. The van der Waals surface area contributed by atoms with Crippen molar-refractivity contribution in [2.45, 2.75) is 37.8 Å². The van der Waals surface area contributed by atoms with Crippen LogP contribution in [0.1, 0.15) is 25.7 Å². The zero-order valence-corrected chi connectivity index (χ0v) is 19.8. The lowest BCUT2D eigenvalue weighted by Gasteiger charge is -2.34. The molecule has 0 aliphatic carbocycles. The van der Waals surface area contributed by atoms with Gasteiger partial charge in [0.05, 0.1) is 36.6 Å². The van der Waals surface area contributed by atoms with Crippen LogP contribution < -0.4 is 15.5 Å². The molecule has 7 nitrogen and oxygen atoms in total. The van der Waals surface area contributed by atoms with Gasteiger partial charge in [-0.3, -0.25) is 4.79 Å². The lowest BCUT2D eigenvalue weighted by molar-refractivity contribution is -0.120. The molecule has 172 valence electrons. The number of hydrogen-bond acceptors (Lipinski definition) is 7. The summed E-state index contributed by atoms with van der Waals surface area (Å²) in [4.78, 5) is 26.3. The first-order valence-electron chi connectivity index (χ1n) is 11.6. The highest BCUT2D eigenvalue weighted by molar-refractivity contribution is 7.17. The summed E-state index contributed by atoms with van der Waals surface area (Å²) in [5.74, 6) is 1.21. The number of fused-ring (bicyclic) bond motifs is 3. The number of halogens is 1. The second-order valence-corrected chi connectivity index (χ2v) is 10.3. The minimum Gasteiger partial charge on any atom is -0.377 e. The number of nitrogens with one attached hydrogen (secondary N) is 2. The number of amides is 1. The Morgan fingerprint density at radius 1 is 1.15 bits per heavy atom. The Labute approximate surface area is 201 Å². The van der Waals surface area contributed by atoms with E-state index >= 15 is 0 Å². The van der Waals surface area contributed by atoms with Gasteiger partial charge in [0.25, 0.3) is 0 Å². The van der Waals surface area contributed by atoms with E-state index in [2.05, 4.69) is 20.9 Å². The summed E-state index contributed by atoms with van der Waals surface area (Å²) < 4.78 is 5.76. The van der Waals surface area contributed by atoms with Crippen molar-refractivity contribution in [3.63, 3.8) is 0 Å². The smallest absolute Gasteiger partial charge is 0.229 e. The molecule has 6 rings (SSSR count). The zero-order valence-electron chi connectivity index (χ0n) is 18.2. The van der Waals surface area contributed by atoms with Crippen molar-refractivity contribution < 1.29 is 9.53 Å². The van der Waals surface area contributed by atoms with Crippen molar-refractivity contribution in [3.8, 4) is 11.1 Å². The fourth-order valence-corrected chi connectivity index (χ4v) is 6.43. The first kappa shape index (κ1) is 21.3. The molecule has 2 N–H and O–H groups in total. The summed E-state index contributed by atoms with van der Waals surface area (Å²) in [6.45, 7) is 3.06. The fraction of sp³-hybridized carbons (Fsp3) is 0.458. The van der Waals surface area contributed by atoms with Crippen LogP contribution in [0.4, 0.5) is 11.8 Å². The van der Waals surface area contributed by atoms with E-state index in [9.17, 15) is 4.79 Å². The molecule has 3 saturated heterocycles. The van der Waals surface area contributed by atoms with Crippen LogP contribution in [0.15, 0.2) is 29.6 Å². The normalized spacial score (nSPS) is 24.9. The van der Waals surface area contributed by atoms with Crippen molar-refractivity contribution in [2.75, 3.05) is 36.5 Å². The van der Waals surface area contributed by atoms with Gasteiger partial charge in [-0.25, -0.2) is 4.98 Å². The lowest BCUT2D eigenvalue weighted by atomic mass is 9.99. The van der Waals surface area contributed by atoms with Crippen LogP contribution in [0.2, 0.25) is 5.02 Å². The molecule has 0 radical (unpaired) electrons. The second kappa shape index (κ2) is 8.83. The van der Waals surface area contributed by atoms with E-state index in [0.717, 1.165) is 53.6 Å². The maximum Gasteiger partial charge on any atom is 0.229 e. The molecule has 33 heavy (non-hydrogen) atoms. The van der Waals surface area contributed by atoms with Gasteiger partial charge < -0.3 is 20.3 Å². The zero-order chi connectivity index (χ0) is 22.4. The number of benzene rings is 1. The van der Waals surface area contributed by atoms with Crippen molar-refractivity contribution in [2.24, 2.45) is 5.92 Å². The third-order valence-corrected chi connectivity index (χ3v) is 8.17. The number of ether oxygens (including phenoxy) is 1. The molecule has 9 heteroatoms. The first-order valence-corrected chi connectivity index (χ1v) is 12.9. The topological polar surface area (TPSA) is 79.4 Å². The third kappa shape index (κ3) is 3.89. The summed E-state index contributed by atoms with van der Waals surface area (Å²) >= 11 is 8.11. The van der Waals surface area contributed by atoms with Gasteiger partial charge in [-0.1, -0.05) is 29.8 Å². The van der Waals surface area contributed by atoms with Crippen LogP contribution >= 0.6 is 22.9 Å². The molecule has 1 aromatic carbocycles. The van der Waals surface area contributed by atoms with Crippen LogP contribution in [0.3, 0.4) is 0 Å². The van der Waals surface area contributed by atoms with E-state index in [0.29, 0.717) is 36.5 Å². The molecular formula is C24H26ClN5O2S. The second-order valence-electron chi connectivity index (χ2n) is 9.04. The SMILES string of the molecule is O=C(Nc1nc(N2C3CCC2COC3)nc2scc(-c3ccccc3Cl)c12)C1CCCNC1. The predicted molar refractivity (Wildman–Crippen MR) is 132 cm³/mol. The van der Waals surface area contributed by atoms with Gasteiger partial charge in [0.1, 0.15) is 10.6 Å². The van der Waals surface area contributed by atoms with Crippen LogP contribution in [0.5, 0.6) is 0 Å². The van der Waals surface area contributed by atoms with Gasteiger partial charge in [0.15, 0.2) is 0 Å². The largest absolute Gasteiger partial charge is 0.377 e. The molecule has 2 aromatic heterocycles. The van der Waals surface area contributed by atoms with E-state index < -0.39 is 0 Å². The van der Waals surface area contributed by atoms with E-state index in [4.69, 9.17) is 26.3 Å². The minimum atomic E-state index is -0.0609. The molecule has 2 bridgehead atoms. The summed E-state index contributed by atoms with van der Waals surface area (Å²) in [6, 6.07) is 8.34. The maximum absolute atomic E-state index is 13.2. The number of rotatable bonds is 4. The van der Waals surface area contributed by atoms with Crippen LogP contribution in [0, 0.1) is 5.92 Å². The standard InChI is InChI=1S/C24H26ClN5O2S/c25-19-6-2-1-5-17(19)18-13-33-23-20(18)21(27-22(31)14-4-3-9-26-10-14)28-24(29-23)30-15-7-8-16(30)12-32-11-15/h1-2,5-6,13-16,26H,3-4,7-12H2,(H,27,28,29,31). The van der Waals surface area contributed by atoms with E-state index in [1.54, 1.807) is 11.3 Å². The molecule has 3 fully saturated rings. The van der Waals surface area contributed by atoms with E-state index in [1.807, 2.05) is 24.3 Å². The quantitative estimate of drug-likeness (QED) is 0.575. The average molecular weight is 484 g/mol. The fourth-order valence-electron chi connectivity index (χ4n) is 5.26. The highest BCUT2D eigenvalue weighted by atomic mass is 35.5. The van der Waals surface area contributed by atoms with Crippen molar-refractivity contribution in [1.29, 1.82) is 0 Å². The Morgan fingerprint density at radius 3 is 2.73 bits per heavy atom. The number of anilines is 2. The number of thiophene rings is 1. The summed E-state index contributed by atoms with van der Waals surface area (Å²) in [7, 11) is 0. The Morgan fingerprint density at radius 2 is 1.97 bits per heavy atom. The summed E-state index contributed by atoms with van der Waals surface area (Å²) in [5.41, 5.74) is 1.87. The molecule has 5 heterocycles. The van der Waals surface area contributed by atoms with E-state index in [1.165, 1.54) is 0 Å². The summed E-state index contributed by atoms with van der Waals surface area (Å²) in [5, 5.41) is 10.1. The van der Waals surface area contributed by atoms with Crippen LogP contribution in [-0.2, 0) is 9.53 Å². The summed E-state index contributed by atoms with van der Waals surface area (Å²) in [6.07, 6.45) is 4.05. The molecule has 3 aliphatic rings. The first-order chi connectivity index (χ1) is 16.2. The number of morpholine rings is 1. The molecule has 3 atom stereocenters. The number of nitrogens with zero attached hydrogens (tertiary/aromatic N) is 3. The van der Waals surface area contributed by atoms with Gasteiger partial charge in [-0.05, 0) is 38.3 Å². The highest BCUT2D eigenvalue weighted by Gasteiger charge is 2.39. The molecule has 1 amide bonds. The number of carbonyl (C=O) groups excluding carboxylic acids is 1. The van der Waals surface area contributed by atoms with Crippen LogP contribution in [-0.4, -0.2) is 54.3 Å². The number of carbonyl (C=O) groups is 1. The highest BCUT2D eigenvalue weighted by Crippen LogP contribution is 2.42. The molecule has 0 spiro atoms. The van der Waals surface area contributed by atoms with Crippen molar-refractivity contribution >= 4 is 50.8 Å². The predicted octanol–water partition coefficient (Wildman–Crippen LogP) is 4.32. The van der Waals surface area contributed by atoms with Gasteiger partial charge in [-0.15, -0.1) is 11.3 Å². The minimum absolute atomic E-state index is 0.00871. The van der Waals surface area contributed by atoms with Crippen molar-refractivity contribution in [1.82, 2.24) is 15.3 Å². The molecule has 3 aromatic rings. The maximum atomic E-state index is 13.2. The molecule has 3 unspecified atom stereocenters. The van der Waals surface area contributed by atoms with Crippen LogP contribution in [0.25, 0.3) is 21.3 Å². The molecule has 3 aliphatic heterocycles. The van der Waals surface area contributed by atoms with Gasteiger partial charge in [0.2, 0.25) is 11.9 Å². The lowest BCUT2D eigenvalue weighted by Crippen LogP contribution is -2.46. The number of hydrogen-bond donors (Lipinski definition) is 2. The molecular weight excluding hydrogens is 458 g/mol. The Bertz CT molecular complexity index is 1180. The monoisotopic (exact) mass is 483 g/mol. The van der Waals surface area contributed by atoms with Gasteiger partial charge >= 0.3 is 0 Å². The third-order valence-electron chi connectivity index (χ3n) is 6.97. The van der Waals surface area contributed by atoms with Crippen molar-refractivity contribution in [3.05, 3.63) is 34.7 Å². The van der Waals surface area contributed by atoms with Gasteiger partial charge in [0, 0.05) is 28.1 Å². The van der Waals surface area contributed by atoms with E-state index in [-0.39, 0.29) is 23.9 Å². The Hall–Kier alpha value is -2.26. The molecule has 0 saturated carbocycles. The average Bonchev–Trinajstić information content (AvgIpc) is 3.37. The van der Waals surface area contributed by atoms with Gasteiger partial charge in [-0.2, -0.15) is 4.98 Å². The number of piperidine rings is 1. The Balaban J connectivity index is 1.46.